The van der Waals surface area contributed by atoms with Crippen LogP contribution in [0.5, 0.6) is 0 Å². The molecule has 1 atom stereocenters. The second-order valence-corrected chi connectivity index (χ2v) is 6.76. The molecule has 1 fully saturated rings. The van der Waals surface area contributed by atoms with Gasteiger partial charge in [0.15, 0.2) is 0 Å². The molecule has 1 saturated heterocycles. The Hall–Kier alpha value is -2.89. The normalized spacial score (nSPS) is 17.6. The highest BCUT2D eigenvalue weighted by Crippen LogP contribution is 2.24. The van der Waals surface area contributed by atoms with Crippen LogP contribution in [0.25, 0.3) is 11.0 Å². The largest absolute Gasteiger partial charge is 0.340 e. The Balaban J connectivity index is 1.54. The maximum Gasteiger partial charge on any atom is 0.326 e. The summed E-state index contributed by atoms with van der Waals surface area (Å²) < 4.78 is 15.1. The van der Waals surface area contributed by atoms with E-state index in [1.54, 1.807) is 21.6 Å². The van der Waals surface area contributed by atoms with E-state index in [1.807, 2.05) is 24.3 Å². The van der Waals surface area contributed by atoms with Crippen molar-refractivity contribution in [2.45, 2.75) is 25.3 Å². The minimum atomic E-state index is -0.336. The molecule has 134 valence electrons. The van der Waals surface area contributed by atoms with Crippen LogP contribution in [0, 0.1) is 5.82 Å². The van der Waals surface area contributed by atoms with Crippen LogP contribution in [-0.2, 0) is 11.2 Å². The van der Waals surface area contributed by atoms with Crippen LogP contribution in [-0.4, -0.2) is 33.4 Å². The SMILES string of the molecule is O=C(Cc1cccc(F)c1)N1CCC[C@H](n2c(=O)[nH]c3ccccc32)C1. The number of carbonyl (C=O) groups is 1. The van der Waals surface area contributed by atoms with E-state index in [4.69, 9.17) is 0 Å². The lowest BCUT2D eigenvalue weighted by Gasteiger charge is -2.33. The minimum Gasteiger partial charge on any atom is -0.340 e. The van der Waals surface area contributed by atoms with Crippen molar-refractivity contribution >= 4 is 16.9 Å². The zero-order chi connectivity index (χ0) is 18.1. The van der Waals surface area contributed by atoms with Crippen molar-refractivity contribution < 1.29 is 9.18 Å². The van der Waals surface area contributed by atoms with Gasteiger partial charge in [-0.05, 0) is 42.7 Å². The number of imidazole rings is 1. The van der Waals surface area contributed by atoms with E-state index in [0.29, 0.717) is 18.7 Å². The lowest BCUT2D eigenvalue weighted by Crippen LogP contribution is -2.43. The van der Waals surface area contributed by atoms with Gasteiger partial charge in [-0.3, -0.25) is 9.36 Å². The van der Waals surface area contributed by atoms with Gasteiger partial charge in [0.25, 0.3) is 0 Å². The molecule has 4 rings (SSSR count). The van der Waals surface area contributed by atoms with Crippen LogP contribution in [0.2, 0.25) is 0 Å². The number of piperidine rings is 1. The monoisotopic (exact) mass is 353 g/mol. The van der Waals surface area contributed by atoms with Gasteiger partial charge < -0.3 is 9.88 Å². The lowest BCUT2D eigenvalue weighted by molar-refractivity contribution is -0.132. The molecule has 1 N–H and O–H groups in total. The Bertz CT molecular complexity index is 1010. The third-order valence-corrected chi connectivity index (χ3v) is 4.98. The summed E-state index contributed by atoms with van der Waals surface area (Å²) in [5.74, 6) is -0.370. The number of hydrogen-bond donors (Lipinski definition) is 1. The van der Waals surface area contributed by atoms with E-state index in [2.05, 4.69) is 4.98 Å². The highest BCUT2D eigenvalue weighted by Gasteiger charge is 2.27. The van der Waals surface area contributed by atoms with Crippen LogP contribution in [0.15, 0.2) is 53.3 Å². The van der Waals surface area contributed by atoms with Crippen molar-refractivity contribution in [2.24, 2.45) is 0 Å². The van der Waals surface area contributed by atoms with E-state index in [-0.39, 0.29) is 29.9 Å². The number of rotatable bonds is 3. The van der Waals surface area contributed by atoms with Crippen LogP contribution in [0.4, 0.5) is 4.39 Å². The molecule has 3 aromatic rings. The smallest absolute Gasteiger partial charge is 0.326 e. The van der Waals surface area contributed by atoms with Crippen molar-refractivity contribution in [1.29, 1.82) is 0 Å². The molecule has 1 amide bonds. The standard InChI is InChI=1S/C20H20FN3O2/c21-15-6-3-5-14(11-15)12-19(25)23-10-4-7-16(13-23)24-18-9-2-1-8-17(18)22-20(24)26/h1-3,5-6,8-9,11,16H,4,7,10,12-13H2,(H,22,26)/t16-/m0/s1. The fourth-order valence-corrected chi connectivity index (χ4v) is 3.76. The first-order valence-corrected chi connectivity index (χ1v) is 8.83. The van der Waals surface area contributed by atoms with Crippen molar-refractivity contribution in [2.75, 3.05) is 13.1 Å². The number of fused-ring (bicyclic) bond motifs is 1. The number of carbonyl (C=O) groups excluding carboxylic acids is 1. The first-order chi connectivity index (χ1) is 12.6. The predicted molar refractivity (Wildman–Crippen MR) is 97.5 cm³/mol. The average Bonchev–Trinajstić information content (AvgIpc) is 2.97. The van der Waals surface area contributed by atoms with E-state index >= 15 is 0 Å². The fourth-order valence-electron chi connectivity index (χ4n) is 3.76. The molecular weight excluding hydrogens is 333 g/mol. The maximum absolute atomic E-state index is 13.3. The zero-order valence-corrected chi connectivity index (χ0v) is 14.3. The number of para-hydroxylation sites is 2. The van der Waals surface area contributed by atoms with Crippen LogP contribution >= 0.6 is 0 Å². The Morgan fingerprint density at radius 3 is 2.88 bits per heavy atom. The van der Waals surface area contributed by atoms with Gasteiger partial charge in [-0.1, -0.05) is 24.3 Å². The van der Waals surface area contributed by atoms with Gasteiger partial charge >= 0.3 is 5.69 Å². The van der Waals surface area contributed by atoms with Gasteiger partial charge in [0.1, 0.15) is 5.82 Å². The lowest BCUT2D eigenvalue weighted by atomic mass is 10.0. The number of likely N-dealkylation sites (tertiary alicyclic amines) is 1. The molecule has 0 bridgehead atoms. The van der Waals surface area contributed by atoms with Crippen molar-refractivity contribution in [1.82, 2.24) is 14.5 Å². The van der Waals surface area contributed by atoms with Crippen molar-refractivity contribution in [3.8, 4) is 0 Å². The predicted octanol–water partition coefficient (Wildman–Crippen LogP) is 2.87. The number of aromatic amines is 1. The first-order valence-electron chi connectivity index (χ1n) is 8.83. The average molecular weight is 353 g/mol. The molecule has 2 aromatic carbocycles. The minimum absolute atomic E-state index is 0.0341. The summed E-state index contributed by atoms with van der Waals surface area (Å²) in [6, 6.07) is 13.7. The summed E-state index contributed by atoms with van der Waals surface area (Å²) in [5.41, 5.74) is 2.19. The van der Waals surface area contributed by atoms with Crippen LogP contribution < -0.4 is 5.69 Å². The molecule has 0 spiro atoms. The number of nitrogens with zero attached hydrogens (tertiary/aromatic N) is 2. The van der Waals surface area contributed by atoms with E-state index < -0.39 is 0 Å². The summed E-state index contributed by atoms with van der Waals surface area (Å²) in [6.07, 6.45) is 1.87. The highest BCUT2D eigenvalue weighted by molar-refractivity contribution is 5.79. The molecule has 0 radical (unpaired) electrons. The molecule has 26 heavy (non-hydrogen) atoms. The third kappa shape index (κ3) is 3.14. The number of H-pyrrole nitrogens is 1. The number of hydrogen-bond acceptors (Lipinski definition) is 2. The van der Waals surface area contributed by atoms with Crippen molar-refractivity contribution in [3.63, 3.8) is 0 Å². The maximum atomic E-state index is 13.3. The molecule has 6 heteroatoms. The van der Waals surface area contributed by atoms with Gasteiger partial charge in [0, 0.05) is 13.1 Å². The summed E-state index contributed by atoms with van der Waals surface area (Å²) in [6.45, 7) is 1.16. The quantitative estimate of drug-likeness (QED) is 0.787. The molecule has 2 heterocycles. The molecular formula is C20H20FN3O2. The van der Waals surface area contributed by atoms with Crippen LogP contribution in [0.3, 0.4) is 0 Å². The van der Waals surface area contributed by atoms with Crippen molar-refractivity contribution in [3.05, 3.63) is 70.4 Å². The second kappa shape index (κ2) is 6.78. The number of amides is 1. The summed E-state index contributed by atoms with van der Waals surface area (Å²) in [5, 5.41) is 0. The Labute approximate surface area is 150 Å². The van der Waals surface area contributed by atoms with Gasteiger partial charge in [-0.25, -0.2) is 9.18 Å². The molecule has 1 aromatic heterocycles. The summed E-state index contributed by atoms with van der Waals surface area (Å²) in [4.78, 5) is 29.7. The zero-order valence-electron chi connectivity index (χ0n) is 14.3. The number of benzene rings is 2. The second-order valence-electron chi connectivity index (χ2n) is 6.76. The molecule has 5 nitrogen and oxygen atoms in total. The number of nitrogens with one attached hydrogen (secondary N) is 1. The molecule has 1 aliphatic rings. The highest BCUT2D eigenvalue weighted by atomic mass is 19.1. The molecule has 1 aliphatic heterocycles. The summed E-state index contributed by atoms with van der Waals surface area (Å²) >= 11 is 0. The van der Waals surface area contributed by atoms with E-state index in [0.717, 1.165) is 23.9 Å². The molecule has 0 saturated carbocycles. The Morgan fingerprint density at radius 1 is 1.19 bits per heavy atom. The van der Waals surface area contributed by atoms with E-state index in [1.165, 1.54) is 12.1 Å². The van der Waals surface area contributed by atoms with Crippen LogP contribution in [0.1, 0.15) is 24.4 Å². The van der Waals surface area contributed by atoms with Gasteiger partial charge in [0.2, 0.25) is 5.91 Å². The third-order valence-electron chi connectivity index (χ3n) is 4.98. The first kappa shape index (κ1) is 16.6. The van der Waals surface area contributed by atoms with E-state index in [9.17, 15) is 14.0 Å². The van der Waals surface area contributed by atoms with Gasteiger partial charge in [0.05, 0.1) is 23.5 Å². The number of halogens is 1. The molecule has 0 aliphatic carbocycles. The fraction of sp³-hybridized carbons (Fsp3) is 0.300. The Morgan fingerprint density at radius 2 is 2.04 bits per heavy atom. The summed E-state index contributed by atoms with van der Waals surface area (Å²) in [7, 11) is 0. The molecule has 0 unspecified atom stereocenters. The Kier molecular flexibility index (Phi) is 4.32. The van der Waals surface area contributed by atoms with Gasteiger partial charge in [-0.2, -0.15) is 0 Å². The topological polar surface area (TPSA) is 58.1 Å². The number of aromatic nitrogens is 2. The van der Waals surface area contributed by atoms with Gasteiger partial charge in [-0.15, -0.1) is 0 Å².